The fourth-order valence-electron chi connectivity index (χ4n) is 1.60. The third-order valence-electron chi connectivity index (χ3n) is 2.62. The highest BCUT2D eigenvalue weighted by molar-refractivity contribution is 9.10. The van der Waals surface area contributed by atoms with E-state index in [-0.39, 0.29) is 10.5 Å². The van der Waals surface area contributed by atoms with Crippen LogP contribution in [0.3, 0.4) is 0 Å². The number of nitrogens with one attached hydrogen (secondary N) is 1. The number of nitrogens with zero attached hydrogens (tertiary/aromatic N) is 2. The molecule has 0 fully saturated rings. The lowest BCUT2D eigenvalue weighted by Crippen LogP contribution is -2.13. The molecule has 0 bridgehead atoms. The molecule has 7 heteroatoms. The lowest BCUT2D eigenvalue weighted by atomic mass is 10.2. The second kappa shape index (κ2) is 5.96. The van der Waals surface area contributed by atoms with Gasteiger partial charge in [0.2, 0.25) is 0 Å². The molecule has 1 N–H and O–H groups in total. The lowest BCUT2D eigenvalue weighted by molar-refractivity contribution is 0.601. The second-order valence-electron chi connectivity index (χ2n) is 4.05. The standard InChI is InChI=1S/C14H8BrN3O2S/c15-13-7-11(9-17)4-5-14(13)18-21(19,20)12-3-1-2-10(6-12)8-16/h1-7,18H. The Hall–Kier alpha value is -2.35. The number of anilines is 1. The summed E-state index contributed by atoms with van der Waals surface area (Å²) in [6, 6.07) is 14.1. The summed E-state index contributed by atoms with van der Waals surface area (Å²) in [5, 5.41) is 17.6. The molecule has 2 aromatic carbocycles. The van der Waals surface area contributed by atoms with Crippen molar-refractivity contribution in [3.05, 3.63) is 58.1 Å². The summed E-state index contributed by atoms with van der Waals surface area (Å²) < 4.78 is 27.4. The zero-order valence-corrected chi connectivity index (χ0v) is 12.9. The van der Waals surface area contributed by atoms with Crippen molar-refractivity contribution >= 4 is 31.6 Å². The first-order valence-electron chi connectivity index (χ1n) is 5.69. The van der Waals surface area contributed by atoms with Crippen LogP contribution in [0.4, 0.5) is 5.69 Å². The number of hydrogen-bond acceptors (Lipinski definition) is 4. The van der Waals surface area contributed by atoms with Crippen molar-refractivity contribution < 1.29 is 8.42 Å². The molecule has 0 saturated carbocycles. The Balaban J connectivity index is 2.38. The molecule has 0 unspecified atom stereocenters. The monoisotopic (exact) mass is 361 g/mol. The molecule has 0 spiro atoms. The average molecular weight is 362 g/mol. The van der Waals surface area contributed by atoms with Crippen molar-refractivity contribution in [1.82, 2.24) is 0 Å². The van der Waals surface area contributed by atoms with Crippen LogP contribution in [-0.2, 0) is 10.0 Å². The zero-order valence-electron chi connectivity index (χ0n) is 10.5. The summed E-state index contributed by atoms with van der Waals surface area (Å²) in [4.78, 5) is -0.00203. The maximum Gasteiger partial charge on any atom is 0.261 e. The Labute approximate surface area is 130 Å². The molecule has 104 valence electrons. The van der Waals surface area contributed by atoms with Crippen molar-refractivity contribution in [1.29, 1.82) is 10.5 Å². The fourth-order valence-corrected chi connectivity index (χ4v) is 3.34. The van der Waals surface area contributed by atoms with Crippen LogP contribution in [0.2, 0.25) is 0 Å². The number of sulfonamides is 1. The van der Waals surface area contributed by atoms with Crippen LogP contribution in [0.25, 0.3) is 0 Å². The number of nitriles is 2. The molecule has 0 atom stereocenters. The number of benzene rings is 2. The molecule has 0 aliphatic rings. The zero-order chi connectivity index (χ0) is 15.5. The molecule has 0 aliphatic carbocycles. The largest absolute Gasteiger partial charge is 0.278 e. The summed E-state index contributed by atoms with van der Waals surface area (Å²) in [5.41, 5.74) is 0.990. The van der Waals surface area contributed by atoms with Crippen molar-refractivity contribution in [3.8, 4) is 12.1 Å². The van der Waals surface area contributed by atoms with Crippen LogP contribution >= 0.6 is 15.9 Å². The minimum absolute atomic E-state index is 0.00203. The highest BCUT2D eigenvalue weighted by Gasteiger charge is 2.16. The van der Waals surface area contributed by atoms with Gasteiger partial charge < -0.3 is 0 Å². The molecule has 2 aromatic rings. The lowest BCUT2D eigenvalue weighted by Gasteiger charge is -2.10. The summed E-state index contributed by atoms with van der Waals surface area (Å²) >= 11 is 3.21. The highest BCUT2D eigenvalue weighted by atomic mass is 79.9. The van der Waals surface area contributed by atoms with E-state index in [4.69, 9.17) is 10.5 Å². The van der Waals surface area contributed by atoms with Crippen LogP contribution < -0.4 is 4.72 Å². The maximum atomic E-state index is 12.3. The van der Waals surface area contributed by atoms with Crippen molar-refractivity contribution in [2.75, 3.05) is 4.72 Å². The number of halogens is 1. The molecule has 0 aromatic heterocycles. The SMILES string of the molecule is N#Cc1cccc(S(=O)(=O)Nc2ccc(C#N)cc2Br)c1. The summed E-state index contributed by atoms with van der Waals surface area (Å²) in [5.74, 6) is 0. The average Bonchev–Trinajstić information content (AvgIpc) is 2.49. The van der Waals surface area contributed by atoms with E-state index in [1.807, 2.05) is 12.1 Å². The molecule has 0 amide bonds. The fraction of sp³-hybridized carbons (Fsp3) is 0. The van der Waals surface area contributed by atoms with Gasteiger partial charge in [0.1, 0.15) is 0 Å². The first kappa shape index (κ1) is 15.0. The van der Waals surface area contributed by atoms with E-state index in [1.54, 1.807) is 0 Å². The van der Waals surface area contributed by atoms with Gasteiger partial charge in [-0.1, -0.05) is 6.07 Å². The second-order valence-corrected chi connectivity index (χ2v) is 6.59. The van der Waals surface area contributed by atoms with Crippen molar-refractivity contribution in [3.63, 3.8) is 0 Å². The van der Waals surface area contributed by atoms with Gasteiger partial charge in [0.15, 0.2) is 0 Å². The van der Waals surface area contributed by atoms with Gasteiger partial charge in [-0.15, -0.1) is 0 Å². The van der Waals surface area contributed by atoms with E-state index in [1.165, 1.54) is 42.5 Å². The molecule has 0 saturated heterocycles. The van der Waals surface area contributed by atoms with Gasteiger partial charge in [-0.05, 0) is 52.3 Å². The van der Waals surface area contributed by atoms with Crippen LogP contribution in [0.1, 0.15) is 11.1 Å². The molecule has 0 aliphatic heterocycles. The van der Waals surface area contributed by atoms with Gasteiger partial charge in [-0.2, -0.15) is 10.5 Å². The predicted octanol–water partition coefficient (Wildman–Crippen LogP) is 2.99. The normalized spacial score (nSPS) is 10.4. The van der Waals surface area contributed by atoms with Gasteiger partial charge >= 0.3 is 0 Å². The molecule has 0 heterocycles. The minimum Gasteiger partial charge on any atom is -0.278 e. The Morgan fingerprint density at radius 2 is 1.67 bits per heavy atom. The Morgan fingerprint density at radius 1 is 1.00 bits per heavy atom. The van der Waals surface area contributed by atoms with Gasteiger partial charge in [0, 0.05) is 4.47 Å². The van der Waals surface area contributed by atoms with Crippen LogP contribution in [0.5, 0.6) is 0 Å². The quantitative estimate of drug-likeness (QED) is 0.908. The van der Waals surface area contributed by atoms with Gasteiger partial charge in [0.25, 0.3) is 10.0 Å². The topological polar surface area (TPSA) is 93.8 Å². The predicted molar refractivity (Wildman–Crippen MR) is 80.8 cm³/mol. The van der Waals surface area contributed by atoms with E-state index in [2.05, 4.69) is 20.7 Å². The molecular weight excluding hydrogens is 354 g/mol. The van der Waals surface area contributed by atoms with Gasteiger partial charge in [0.05, 0.1) is 33.8 Å². The molecule has 2 rings (SSSR count). The Bertz CT molecular complexity index is 880. The molecule has 0 radical (unpaired) electrons. The molecule has 21 heavy (non-hydrogen) atoms. The van der Waals surface area contributed by atoms with E-state index in [9.17, 15) is 8.42 Å². The molecule has 5 nitrogen and oxygen atoms in total. The van der Waals surface area contributed by atoms with E-state index in [0.717, 1.165) is 0 Å². The maximum absolute atomic E-state index is 12.3. The summed E-state index contributed by atoms with van der Waals surface area (Å²) in [6.07, 6.45) is 0. The van der Waals surface area contributed by atoms with Crippen LogP contribution in [-0.4, -0.2) is 8.42 Å². The van der Waals surface area contributed by atoms with E-state index in [0.29, 0.717) is 15.7 Å². The Morgan fingerprint density at radius 3 is 2.29 bits per heavy atom. The summed E-state index contributed by atoms with van der Waals surface area (Å²) in [6.45, 7) is 0. The first-order chi connectivity index (χ1) is 9.96. The van der Waals surface area contributed by atoms with E-state index < -0.39 is 10.0 Å². The number of rotatable bonds is 3. The first-order valence-corrected chi connectivity index (χ1v) is 7.96. The highest BCUT2D eigenvalue weighted by Crippen LogP contribution is 2.26. The Kier molecular flexibility index (Phi) is 4.27. The minimum atomic E-state index is -3.80. The van der Waals surface area contributed by atoms with Gasteiger partial charge in [-0.25, -0.2) is 8.42 Å². The van der Waals surface area contributed by atoms with Crippen LogP contribution in [0, 0.1) is 22.7 Å². The van der Waals surface area contributed by atoms with E-state index >= 15 is 0 Å². The summed E-state index contributed by atoms with van der Waals surface area (Å²) in [7, 11) is -3.80. The smallest absolute Gasteiger partial charge is 0.261 e. The third kappa shape index (κ3) is 3.40. The molecular formula is C14H8BrN3O2S. The van der Waals surface area contributed by atoms with Gasteiger partial charge in [-0.3, -0.25) is 4.72 Å². The van der Waals surface area contributed by atoms with Crippen molar-refractivity contribution in [2.45, 2.75) is 4.90 Å². The number of hydrogen-bond donors (Lipinski definition) is 1. The third-order valence-corrected chi connectivity index (χ3v) is 4.64. The van der Waals surface area contributed by atoms with Crippen LogP contribution in [0.15, 0.2) is 51.8 Å². The van der Waals surface area contributed by atoms with Crippen molar-refractivity contribution in [2.24, 2.45) is 0 Å².